The number of benzene rings is 1. The molecule has 1 aromatic carbocycles. The first-order valence-corrected chi connectivity index (χ1v) is 13.8. The van der Waals surface area contributed by atoms with Gasteiger partial charge in [-0.1, -0.05) is 44.2 Å². The summed E-state index contributed by atoms with van der Waals surface area (Å²) in [5.74, 6) is 0. The molecule has 5 nitrogen and oxygen atoms in total. The second-order valence-electron chi connectivity index (χ2n) is 9.23. The molecule has 0 aromatic heterocycles. The molecule has 29 heavy (non-hydrogen) atoms. The van der Waals surface area contributed by atoms with E-state index in [1.54, 1.807) is 33.8 Å². The van der Waals surface area contributed by atoms with E-state index in [9.17, 15) is 5.11 Å². The fourth-order valence-corrected chi connectivity index (χ4v) is 10.5. The number of aliphatic hydroxyl groups is 1. The van der Waals surface area contributed by atoms with E-state index in [4.69, 9.17) is 17.7 Å². The molecule has 2 unspecified atom stereocenters. The van der Waals surface area contributed by atoms with Gasteiger partial charge in [-0.3, -0.25) is 0 Å². The molecule has 0 aliphatic heterocycles. The van der Waals surface area contributed by atoms with Crippen LogP contribution in [0.2, 0.25) is 5.04 Å². The van der Waals surface area contributed by atoms with Gasteiger partial charge in [0.05, 0.1) is 5.60 Å². The molecule has 0 radical (unpaired) electrons. The predicted molar refractivity (Wildman–Crippen MR) is 124 cm³/mol. The molecule has 0 saturated carbocycles. The summed E-state index contributed by atoms with van der Waals surface area (Å²) in [6, 6.07) is 10.1. The third-order valence-corrected chi connectivity index (χ3v) is 14.4. The third-order valence-electron chi connectivity index (χ3n) is 6.00. The Kier molecular flexibility index (Phi) is 8.26. The van der Waals surface area contributed by atoms with Crippen LogP contribution in [0.3, 0.4) is 0 Å². The van der Waals surface area contributed by atoms with Crippen LogP contribution in [-0.2, 0) is 17.7 Å². The quantitative estimate of drug-likeness (QED) is 0.525. The van der Waals surface area contributed by atoms with E-state index in [1.807, 2.05) is 45.9 Å². The highest BCUT2D eigenvalue weighted by Gasteiger charge is 2.64. The molecule has 0 bridgehead atoms. The van der Waals surface area contributed by atoms with E-state index in [0.717, 1.165) is 5.19 Å². The normalized spacial score (nSPS) is 17.7. The Morgan fingerprint density at radius 3 is 1.83 bits per heavy atom. The van der Waals surface area contributed by atoms with Crippen molar-refractivity contribution in [2.45, 2.75) is 77.4 Å². The molecule has 0 spiro atoms. The van der Waals surface area contributed by atoms with Gasteiger partial charge >= 0.3 is 17.1 Å². The lowest BCUT2D eigenvalue weighted by Gasteiger charge is -2.54. The van der Waals surface area contributed by atoms with E-state index >= 15 is 0 Å². The van der Waals surface area contributed by atoms with Crippen LogP contribution in [0.1, 0.15) is 55.4 Å². The molecule has 2 atom stereocenters. The fraction of sp³-hybridized carbons (Fsp3) is 0.636. The second-order valence-corrected chi connectivity index (χ2v) is 16.5. The van der Waals surface area contributed by atoms with E-state index in [1.165, 1.54) is 0 Å². The molecule has 0 aliphatic carbocycles. The topological polar surface area (TPSA) is 57.2 Å². The van der Waals surface area contributed by atoms with Crippen molar-refractivity contribution in [2.75, 3.05) is 14.2 Å². The molecule has 0 fully saturated rings. The van der Waals surface area contributed by atoms with Crippen molar-refractivity contribution in [2.24, 2.45) is 0 Å². The summed E-state index contributed by atoms with van der Waals surface area (Å²) >= 11 is 0. The van der Waals surface area contributed by atoms with Crippen molar-refractivity contribution in [1.29, 1.82) is 0 Å². The molecule has 0 heterocycles. The third kappa shape index (κ3) is 4.76. The average Bonchev–Trinajstić information content (AvgIpc) is 2.63. The second kappa shape index (κ2) is 9.13. The highest BCUT2D eigenvalue weighted by atomic mass is 28.4. The van der Waals surface area contributed by atoms with Gasteiger partial charge in [-0.2, -0.15) is 0 Å². The monoisotopic (exact) mass is 440 g/mol. The zero-order chi connectivity index (χ0) is 22.7. The number of rotatable bonds is 11. The summed E-state index contributed by atoms with van der Waals surface area (Å²) in [5.41, 5.74) is 0.878. The minimum Gasteiger partial charge on any atom is -0.394 e. The molecular weight excluding hydrogens is 400 g/mol. The Morgan fingerprint density at radius 2 is 1.48 bits per heavy atom. The Balaban J connectivity index is 3.65. The van der Waals surface area contributed by atoms with Crippen LogP contribution in [0.15, 0.2) is 42.6 Å². The Bertz CT molecular complexity index is 670. The van der Waals surface area contributed by atoms with Gasteiger partial charge < -0.3 is 22.8 Å². The van der Waals surface area contributed by atoms with E-state index < -0.39 is 33.0 Å². The Morgan fingerprint density at radius 1 is 0.966 bits per heavy atom. The average molecular weight is 441 g/mol. The summed E-state index contributed by atoms with van der Waals surface area (Å²) in [5, 5.41) is 10.2. The highest BCUT2D eigenvalue weighted by molar-refractivity contribution is 6.84. The van der Waals surface area contributed by atoms with Gasteiger partial charge in [0.25, 0.3) is 0 Å². The van der Waals surface area contributed by atoms with Gasteiger partial charge in [0, 0.05) is 25.4 Å². The van der Waals surface area contributed by atoms with Crippen LogP contribution < -0.4 is 5.19 Å². The van der Waals surface area contributed by atoms with Gasteiger partial charge in [0.1, 0.15) is 5.22 Å². The number of hydrogen-bond donors (Lipinski definition) is 1. The molecule has 1 aromatic rings. The first-order chi connectivity index (χ1) is 13.2. The maximum Gasteiger partial charge on any atom is 0.396 e. The lowest BCUT2D eigenvalue weighted by molar-refractivity contribution is -0.0239. The first-order valence-electron chi connectivity index (χ1n) is 10.1. The van der Waals surface area contributed by atoms with E-state index in [0.29, 0.717) is 0 Å². The lowest BCUT2D eigenvalue weighted by Crippen LogP contribution is -2.70. The highest BCUT2D eigenvalue weighted by Crippen LogP contribution is 2.51. The van der Waals surface area contributed by atoms with Crippen LogP contribution in [-0.4, -0.2) is 53.4 Å². The van der Waals surface area contributed by atoms with Crippen LogP contribution in [0.4, 0.5) is 0 Å². The van der Waals surface area contributed by atoms with Crippen molar-refractivity contribution in [1.82, 2.24) is 0 Å². The molecule has 0 amide bonds. The summed E-state index contributed by atoms with van der Waals surface area (Å²) in [6.07, 6.45) is -0.0324. The molecule has 7 heteroatoms. The summed E-state index contributed by atoms with van der Waals surface area (Å²) in [7, 11) is -2.94. The van der Waals surface area contributed by atoms with Gasteiger partial charge in [-0.15, -0.1) is 6.58 Å². The zero-order valence-electron chi connectivity index (χ0n) is 19.8. The van der Waals surface area contributed by atoms with Crippen LogP contribution >= 0.6 is 0 Å². The summed E-state index contributed by atoms with van der Waals surface area (Å²) < 4.78 is 25.4. The van der Waals surface area contributed by atoms with Crippen molar-refractivity contribution >= 4 is 22.3 Å². The van der Waals surface area contributed by atoms with Gasteiger partial charge in [0.15, 0.2) is 0 Å². The maximum absolute atomic E-state index is 10.9. The fourth-order valence-electron chi connectivity index (χ4n) is 3.68. The first kappa shape index (κ1) is 26.2. The molecule has 166 valence electrons. The molecule has 0 saturated heterocycles. The van der Waals surface area contributed by atoms with Gasteiger partial charge in [-0.05, 0) is 52.4 Å². The molecule has 1 N–H and O–H groups in total. The largest absolute Gasteiger partial charge is 0.396 e. The minimum absolute atomic E-state index is 0.0324. The standard InChI is InChI=1S/C22H40O5Si2/c1-12-28(24-10,22(8,9)23)27-20(4,5)21(6,7)29(25-11,26-18(2)3)19-16-14-13-15-17-19/h12-18,23H,1H2,2-11H3. The minimum atomic E-state index is -3.19. The molecule has 1 rings (SSSR count). The number of hydrogen-bond acceptors (Lipinski definition) is 5. The summed E-state index contributed by atoms with van der Waals surface area (Å²) in [6.45, 7) is 19.6. The maximum atomic E-state index is 10.9. The van der Waals surface area contributed by atoms with Crippen molar-refractivity contribution in [3.8, 4) is 0 Å². The van der Waals surface area contributed by atoms with E-state index in [2.05, 4.69) is 32.6 Å². The lowest BCUT2D eigenvalue weighted by atomic mass is 9.94. The zero-order valence-corrected chi connectivity index (χ0v) is 21.8. The summed E-state index contributed by atoms with van der Waals surface area (Å²) in [4.78, 5) is 0. The predicted octanol–water partition coefficient (Wildman–Crippen LogP) is 4.11. The SMILES string of the molecule is C=C[Si](OC)(OC(C)(C)C(C)(C)[Si](OC)(OC(C)C)c1ccccc1)C(C)(C)O. The van der Waals surface area contributed by atoms with E-state index in [-0.39, 0.29) is 6.10 Å². The van der Waals surface area contributed by atoms with Crippen LogP contribution in [0, 0.1) is 0 Å². The van der Waals surface area contributed by atoms with Crippen molar-refractivity contribution < 1.29 is 22.8 Å². The van der Waals surface area contributed by atoms with Crippen LogP contribution in [0.25, 0.3) is 0 Å². The molecule has 0 aliphatic rings. The van der Waals surface area contributed by atoms with Crippen molar-refractivity contribution in [3.05, 3.63) is 42.6 Å². The Labute approximate surface area is 179 Å². The van der Waals surface area contributed by atoms with Gasteiger partial charge in [-0.25, -0.2) is 0 Å². The van der Waals surface area contributed by atoms with Gasteiger partial charge in [0.2, 0.25) is 0 Å². The van der Waals surface area contributed by atoms with Crippen LogP contribution in [0.5, 0.6) is 0 Å². The molecular formula is C22H40O5Si2. The van der Waals surface area contributed by atoms with Crippen molar-refractivity contribution in [3.63, 3.8) is 0 Å². The Hall–Kier alpha value is -0.806. The smallest absolute Gasteiger partial charge is 0.394 e.